The molecule has 0 bridgehead atoms. The van der Waals surface area contributed by atoms with E-state index in [-0.39, 0.29) is 23.8 Å². The number of aromatic nitrogens is 2. The number of benzene rings is 1. The van der Waals surface area contributed by atoms with Crippen molar-refractivity contribution in [3.8, 4) is 0 Å². The van der Waals surface area contributed by atoms with E-state index in [4.69, 9.17) is 0 Å². The first-order valence-corrected chi connectivity index (χ1v) is 9.30. The molecule has 1 aliphatic heterocycles. The number of amides is 2. The standard InChI is InChI=1S/C19H25N5O3/c1-2-7-20-18(26)13-22-8-10-23(11-9-22)19(27)14-24-16-6-4-3-5-15(16)17(25)12-21-24/h3-6,12H,2,7-11,13-14H2,1H3,(H,20,26). The van der Waals surface area contributed by atoms with Crippen LogP contribution in [-0.2, 0) is 16.1 Å². The molecule has 2 amide bonds. The molecular weight excluding hydrogens is 346 g/mol. The number of nitrogens with one attached hydrogen (secondary N) is 1. The van der Waals surface area contributed by atoms with Gasteiger partial charge in [0.05, 0.1) is 18.3 Å². The summed E-state index contributed by atoms with van der Waals surface area (Å²) in [4.78, 5) is 40.2. The molecule has 0 atom stereocenters. The number of hydrogen-bond donors (Lipinski definition) is 1. The zero-order valence-electron chi connectivity index (χ0n) is 15.6. The molecule has 3 rings (SSSR count). The molecule has 0 unspecified atom stereocenters. The highest BCUT2D eigenvalue weighted by Gasteiger charge is 2.23. The minimum atomic E-state index is -0.149. The number of carbonyl (C=O) groups is 2. The Kier molecular flexibility index (Phi) is 6.18. The highest BCUT2D eigenvalue weighted by atomic mass is 16.2. The fourth-order valence-corrected chi connectivity index (χ4v) is 3.19. The van der Waals surface area contributed by atoms with Crippen molar-refractivity contribution in [1.82, 2.24) is 24.9 Å². The van der Waals surface area contributed by atoms with Gasteiger partial charge in [0.1, 0.15) is 6.54 Å². The van der Waals surface area contributed by atoms with E-state index in [1.54, 1.807) is 27.8 Å². The first-order chi connectivity index (χ1) is 13.1. The summed E-state index contributed by atoms with van der Waals surface area (Å²) in [5, 5.41) is 7.55. The van der Waals surface area contributed by atoms with Gasteiger partial charge in [0.25, 0.3) is 0 Å². The van der Waals surface area contributed by atoms with Gasteiger partial charge in [0.2, 0.25) is 17.2 Å². The smallest absolute Gasteiger partial charge is 0.244 e. The number of para-hydroxylation sites is 1. The summed E-state index contributed by atoms with van der Waals surface area (Å²) < 4.78 is 1.57. The number of fused-ring (bicyclic) bond motifs is 1. The molecule has 1 fully saturated rings. The summed E-state index contributed by atoms with van der Waals surface area (Å²) in [6.07, 6.45) is 2.17. The van der Waals surface area contributed by atoms with Gasteiger partial charge < -0.3 is 10.2 Å². The zero-order chi connectivity index (χ0) is 19.2. The largest absolute Gasteiger partial charge is 0.355 e. The van der Waals surface area contributed by atoms with Crippen LogP contribution >= 0.6 is 0 Å². The third kappa shape index (κ3) is 4.71. The molecule has 0 spiro atoms. The normalized spacial score (nSPS) is 15.1. The quantitative estimate of drug-likeness (QED) is 0.776. The number of nitrogens with zero attached hydrogens (tertiary/aromatic N) is 4. The van der Waals surface area contributed by atoms with Gasteiger partial charge in [-0.15, -0.1) is 0 Å². The first-order valence-electron chi connectivity index (χ1n) is 9.30. The molecule has 27 heavy (non-hydrogen) atoms. The summed E-state index contributed by atoms with van der Waals surface area (Å²) in [5.74, 6) is -0.00746. The Bertz CT molecular complexity index is 871. The van der Waals surface area contributed by atoms with Gasteiger partial charge in [-0.3, -0.25) is 24.0 Å². The van der Waals surface area contributed by atoms with Gasteiger partial charge in [0, 0.05) is 38.1 Å². The van der Waals surface area contributed by atoms with E-state index < -0.39 is 0 Å². The molecule has 1 aromatic carbocycles. The summed E-state index contributed by atoms with van der Waals surface area (Å²) in [7, 11) is 0. The number of carbonyl (C=O) groups excluding carboxylic acids is 2. The Labute approximate surface area is 157 Å². The highest BCUT2D eigenvalue weighted by Crippen LogP contribution is 2.09. The van der Waals surface area contributed by atoms with Crippen molar-refractivity contribution in [1.29, 1.82) is 0 Å². The summed E-state index contributed by atoms with van der Waals surface area (Å²) >= 11 is 0. The van der Waals surface area contributed by atoms with Gasteiger partial charge >= 0.3 is 0 Å². The van der Waals surface area contributed by atoms with E-state index in [9.17, 15) is 14.4 Å². The summed E-state index contributed by atoms with van der Waals surface area (Å²) in [6, 6.07) is 7.16. The maximum atomic E-state index is 12.7. The van der Waals surface area contributed by atoms with Crippen LogP contribution in [0.3, 0.4) is 0 Å². The summed E-state index contributed by atoms with van der Waals surface area (Å²) in [6.45, 7) is 5.68. The number of hydrogen-bond acceptors (Lipinski definition) is 5. The predicted molar refractivity (Wildman–Crippen MR) is 102 cm³/mol. The predicted octanol–water partition coefficient (Wildman–Crippen LogP) is 0.0669. The molecule has 144 valence electrons. The second kappa shape index (κ2) is 8.77. The lowest BCUT2D eigenvalue weighted by Crippen LogP contribution is -2.51. The third-order valence-electron chi connectivity index (χ3n) is 4.71. The Morgan fingerprint density at radius 1 is 1.11 bits per heavy atom. The van der Waals surface area contributed by atoms with Gasteiger partial charge in [0.15, 0.2) is 0 Å². The van der Waals surface area contributed by atoms with Crippen LogP contribution in [0, 0.1) is 0 Å². The van der Waals surface area contributed by atoms with Crippen molar-refractivity contribution in [2.45, 2.75) is 19.9 Å². The van der Waals surface area contributed by atoms with Gasteiger partial charge in [-0.1, -0.05) is 19.1 Å². The second-order valence-corrected chi connectivity index (χ2v) is 6.69. The van der Waals surface area contributed by atoms with E-state index in [1.165, 1.54) is 6.20 Å². The molecule has 1 saturated heterocycles. The van der Waals surface area contributed by atoms with Gasteiger partial charge in [-0.25, -0.2) is 0 Å². The van der Waals surface area contributed by atoms with E-state index in [0.717, 1.165) is 6.42 Å². The van der Waals surface area contributed by atoms with E-state index >= 15 is 0 Å². The highest BCUT2D eigenvalue weighted by molar-refractivity contribution is 5.81. The maximum Gasteiger partial charge on any atom is 0.244 e. The van der Waals surface area contributed by atoms with Crippen LogP contribution in [0.1, 0.15) is 13.3 Å². The first kappa shape index (κ1) is 19.0. The van der Waals surface area contributed by atoms with Crippen LogP contribution in [0.5, 0.6) is 0 Å². The lowest BCUT2D eigenvalue weighted by atomic mass is 10.2. The molecule has 0 saturated carbocycles. The molecule has 1 N–H and O–H groups in total. The van der Waals surface area contributed by atoms with E-state index in [0.29, 0.717) is 50.2 Å². The average Bonchev–Trinajstić information content (AvgIpc) is 2.69. The fraction of sp³-hybridized carbons (Fsp3) is 0.474. The molecule has 1 aliphatic rings. The molecule has 1 aromatic heterocycles. The number of rotatable bonds is 6. The van der Waals surface area contributed by atoms with Crippen LogP contribution in [0.25, 0.3) is 10.9 Å². The molecular formula is C19H25N5O3. The lowest BCUT2D eigenvalue weighted by molar-refractivity contribution is -0.134. The van der Waals surface area contributed by atoms with Crippen LogP contribution < -0.4 is 10.7 Å². The molecule has 2 heterocycles. The average molecular weight is 371 g/mol. The minimum Gasteiger partial charge on any atom is -0.355 e. The topological polar surface area (TPSA) is 87.5 Å². The van der Waals surface area contributed by atoms with Crippen LogP contribution in [-0.4, -0.2) is 70.7 Å². The van der Waals surface area contributed by atoms with Crippen molar-refractivity contribution in [2.24, 2.45) is 0 Å². The fourth-order valence-electron chi connectivity index (χ4n) is 3.19. The van der Waals surface area contributed by atoms with Gasteiger partial charge in [-0.2, -0.15) is 5.10 Å². The van der Waals surface area contributed by atoms with Crippen molar-refractivity contribution in [3.63, 3.8) is 0 Å². The van der Waals surface area contributed by atoms with Crippen molar-refractivity contribution >= 4 is 22.7 Å². The Morgan fingerprint density at radius 3 is 2.59 bits per heavy atom. The van der Waals surface area contributed by atoms with Crippen molar-refractivity contribution < 1.29 is 9.59 Å². The maximum absolute atomic E-state index is 12.7. The Balaban J connectivity index is 1.57. The monoisotopic (exact) mass is 371 g/mol. The van der Waals surface area contributed by atoms with Gasteiger partial charge in [-0.05, 0) is 18.6 Å². The van der Waals surface area contributed by atoms with Crippen LogP contribution in [0.4, 0.5) is 0 Å². The Morgan fingerprint density at radius 2 is 1.85 bits per heavy atom. The number of piperazine rings is 1. The Hall–Kier alpha value is -2.74. The summed E-state index contributed by atoms with van der Waals surface area (Å²) in [5.41, 5.74) is 0.508. The second-order valence-electron chi connectivity index (χ2n) is 6.69. The van der Waals surface area contributed by atoms with Crippen LogP contribution in [0.2, 0.25) is 0 Å². The molecule has 0 radical (unpaired) electrons. The molecule has 2 aromatic rings. The third-order valence-corrected chi connectivity index (χ3v) is 4.71. The molecule has 0 aliphatic carbocycles. The minimum absolute atomic E-state index is 0.0283. The van der Waals surface area contributed by atoms with Crippen LogP contribution in [0.15, 0.2) is 35.3 Å². The van der Waals surface area contributed by atoms with E-state index in [1.807, 2.05) is 13.0 Å². The van der Waals surface area contributed by atoms with E-state index in [2.05, 4.69) is 15.3 Å². The van der Waals surface area contributed by atoms with Crippen molar-refractivity contribution in [3.05, 3.63) is 40.7 Å². The SMILES string of the molecule is CCCNC(=O)CN1CCN(C(=O)Cn2ncc(=O)c3ccccc32)CC1. The lowest BCUT2D eigenvalue weighted by Gasteiger charge is -2.34. The van der Waals surface area contributed by atoms with Crippen molar-refractivity contribution in [2.75, 3.05) is 39.3 Å². The zero-order valence-corrected chi connectivity index (χ0v) is 15.6. The molecule has 8 heteroatoms. The molecule has 8 nitrogen and oxygen atoms in total.